The predicted octanol–water partition coefficient (Wildman–Crippen LogP) is 3.66. The number of hydrogen-bond donors (Lipinski definition) is 0. The number of ether oxygens (including phenoxy) is 2. The van der Waals surface area contributed by atoms with Gasteiger partial charge in [-0.05, 0) is 55.5 Å². The predicted molar refractivity (Wildman–Crippen MR) is 113 cm³/mol. The van der Waals surface area contributed by atoms with Crippen LogP contribution in [0, 0.1) is 5.92 Å². The van der Waals surface area contributed by atoms with Crippen LogP contribution in [0.2, 0.25) is 0 Å². The molecule has 0 N–H and O–H groups in total. The topological polar surface area (TPSA) is 72.2 Å². The van der Waals surface area contributed by atoms with Crippen LogP contribution in [-0.4, -0.2) is 54.5 Å². The van der Waals surface area contributed by atoms with Gasteiger partial charge in [0.05, 0.1) is 25.5 Å². The van der Waals surface area contributed by atoms with Gasteiger partial charge in [0, 0.05) is 32.0 Å². The van der Waals surface area contributed by atoms with Crippen molar-refractivity contribution in [3.05, 3.63) is 47.9 Å². The number of piperidine rings is 1. The zero-order chi connectivity index (χ0) is 21.2. The molecule has 0 aliphatic carbocycles. The SMILES string of the molecule is O=C(c1ccco1)N1CCC(C(=O)N2CCC[C@H]2c2ccc3c(c2)OCCCO3)CC1. The third kappa shape index (κ3) is 4.01. The summed E-state index contributed by atoms with van der Waals surface area (Å²) in [5, 5.41) is 0. The molecular formula is C24H28N2O5. The molecule has 0 saturated carbocycles. The first kappa shape index (κ1) is 20.0. The Morgan fingerprint density at radius 1 is 0.903 bits per heavy atom. The Bertz CT molecular complexity index is 933. The summed E-state index contributed by atoms with van der Waals surface area (Å²) in [5.41, 5.74) is 1.11. The lowest BCUT2D eigenvalue weighted by Gasteiger charge is -2.34. The average molecular weight is 424 g/mol. The van der Waals surface area contributed by atoms with Gasteiger partial charge in [-0.25, -0.2) is 0 Å². The molecule has 164 valence electrons. The minimum Gasteiger partial charge on any atom is -0.490 e. The molecule has 2 fully saturated rings. The van der Waals surface area contributed by atoms with Crippen LogP contribution in [0.3, 0.4) is 0 Å². The van der Waals surface area contributed by atoms with Crippen molar-refractivity contribution in [2.45, 2.75) is 38.1 Å². The Labute approximate surface area is 181 Å². The Hall–Kier alpha value is -2.96. The Kier molecular flexibility index (Phi) is 5.57. The number of benzene rings is 1. The molecule has 1 aromatic heterocycles. The molecule has 4 heterocycles. The molecule has 1 aromatic carbocycles. The second kappa shape index (κ2) is 8.65. The highest BCUT2D eigenvalue weighted by Gasteiger charge is 2.36. The van der Waals surface area contributed by atoms with E-state index in [9.17, 15) is 9.59 Å². The van der Waals surface area contributed by atoms with Gasteiger partial charge in [0.2, 0.25) is 5.91 Å². The van der Waals surface area contributed by atoms with Crippen LogP contribution in [0.4, 0.5) is 0 Å². The zero-order valence-electron chi connectivity index (χ0n) is 17.6. The molecule has 7 heteroatoms. The molecule has 1 atom stereocenters. The van der Waals surface area contributed by atoms with Gasteiger partial charge in [-0.2, -0.15) is 0 Å². The highest BCUT2D eigenvalue weighted by atomic mass is 16.5. The van der Waals surface area contributed by atoms with E-state index >= 15 is 0 Å². The summed E-state index contributed by atoms with van der Waals surface area (Å²) in [4.78, 5) is 29.7. The standard InChI is InChI=1S/C24H28N2O5/c27-23(17-8-11-25(12-9-17)24(28)21-5-2-13-30-21)26-10-1-4-19(26)18-6-7-20-22(16-18)31-15-3-14-29-20/h2,5-7,13,16-17,19H,1,3-4,8-12,14-15H2/t19-/m0/s1. The number of rotatable bonds is 3. The molecule has 5 rings (SSSR count). The van der Waals surface area contributed by atoms with Crippen molar-refractivity contribution in [3.63, 3.8) is 0 Å². The molecule has 2 amide bonds. The van der Waals surface area contributed by atoms with Crippen LogP contribution in [0.25, 0.3) is 0 Å². The maximum Gasteiger partial charge on any atom is 0.289 e. The normalized spacial score (nSPS) is 21.7. The van der Waals surface area contributed by atoms with Crippen molar-refractivity contribution in [3.8, 4) is 11.5 Å². The molecule has 0 unspecified atom stereocenters. The first-order valence-electron chi connectivity index (χ1n) is 11.2. The maximum absolute atomic E-state index is 13.4. The van der Waals surface area contributed by atoms with Crippen LogP contribution in [0.1, 0.15) is 54.3 Å². The molecule has 0 radical (unpaired) electrons. The molecule has 31 heavy (non-hydrogen) atoms. The van der Waals surface area contributed by atoms with E-state index in [1.807, 2.05) is 17.0 Å². The second-order valence-corrected chi connectivity index (χ2v) is 8.49. The van der Waals surface area contributed by atoms with Gasteiger partial charge in [-0.3, -0.25) is 9.59 Å². The lowest BCUT2D eigenvalue weighted by molar-refractivity contribution is -0.137. The van der Waals surface area contributed by atoms with Crippen LogP contribution < -0.4 is 9.47 Å². The quantitative estimate of drug-likeness (QED) is 0.752. The number of carbonyl (C=O) groups excluding carboxylic acids is 2. The fourth-order valence-electron chi connectivity index (χ4n) is 4.88. The number of likely N-dealkylation sites (tertiary alicyclic amines) is 2. The summed E-state index contributed by atoms with van der Waals surface area (Å²) in [6.07, 6.45) is 5.73. The van der Waals surface area contributed by atoms with Crippen molar-refractivity contribution >= 4 is 11.8 Å². The molecular weight excluding hydrogens is 396 g/mol. The highest BCUT2D eigenvalue weighted by molar-refractivity contribution is 5.91. The lowest BCUT2D eigenvalue weighted by Crippen LogP contribution is -2.44. The third-order valence-corrected chi connectivity index (χ3v) is 6.56. The number of nitrogens with zero attached hydrogens (tertiary/aromatic N) is 2. The van der Waals surface area contributed by atoms with E-state index in [2.05, 4.69) is 6.07 Å². The van der Waals surface area contributed by atoms with E-state index in [0.29, 0.717) is 44.9 Å². The van der Waals surface area contributed by atoms with Crippen molar-refractivity contribution in [1.82, 2.24) is 9.80 Å². The smallest absolute Gasteiger partial charge is 0.289 e. The monoisotopic (exact) mass is 424 g/mol. The summed E-state index contributed by atoms with van der Waals surface area (Å²) in [7, 11) is 0. The molecule has 3 aliphatic rings. The van der Waals surface area contributed by atoms with Gasteiger partial charge in [0.25, 0.3) is 5.91 Å². The maximum atomic E-state index is 13.4. The molecule has 2 aromatic rings. The van der Waals surface area contributed by atoms with Crippen LogP contribution in [0.15, 0.2) is 41.0 Å². The zero-order valence-corrected chi connectivity index (χ0v) is 17.6. The van der Waals surface area contributed by atoms with E-state index in [0.717, 1.165) is 42.9 Å². The Morgan fingerprint density at radius 3 is 2.48 bits per heavy atom. The minimum atomic E-state index is -0.0952. The number of hydrogen-bond acceptors (Lipinski definition) is 5. The van der Waals surface area contributed by atoms with Crippen LogP contribution in [0.5, 0.6) is 11.5 Å². The largest absolute Gasteiger partial charge is 0.490 e. The van der Waals surface area contributed by atoms with Crippen LogP contribution >= 0.6 is 0 Å². The first-order chi connectivity index (χ1) is 15.2. The summed E-state index contributed by atoms with van der Waals surface area (Å²) < 4.78 is 16.8. The van der Waals surface area contributed by atoms with E-state index in [4.69, 9.17) is 13.9 Å². The summed E-state index contributed by atoms with van der Waals surface area (Å²) in [5.74, 6) is 1.99. The minimum absolute atomic E-state index is 0.0401. The number of carbonyl (C=O) groups is 2. The van der Waals surface area contributed by atoms with Crippen molar-refractivity contribution in [1.29, 1.82) is 0 Å². The number of fused-ring (bicyclic) bond motifs is 1. The van der Waals surface area contributed by atoms with E-state index < -0.39 is 0 Å². The summed E-state index contributed by atoms with van der Waals surface area (Å²) >= 11 is 0. The van der Waals surface area contributed by atoms with Crippen molar-refractivity contribution in [2.24, 2.45) is 5.92 Å². The summed E-state index contributed by atoms with van der Waals surface area (Å²) in [6, 6.07) is 9.55. The van der Waals surface area contributed by atoms with Gasteiger partial charge < -0.3 is 23.7 Å². The van der Waals surface area contributed by atoms with Gasteiger partial charge in [0.1, 0.15) is 0 Å². The number of amides is 2. The lowest BCUT2D eigenvalue weighted by atomic mass is 9.94. The van der Waals surface area contributed by atoms with E-state index in [-0.39, 0.29) is 23.8 Å². The van der Waals surface area contributed by atoms with Gasteiger partial charge in [-0.15, -0.1) is 0 Å². The molecule has 2 saturated heterocycles. The van der Waals surface area contributed by atoms with E-state index in [1.165, 1.54) is 6.26 Å². The fraction of sp³-hybridized carbons (Fsp3) is 0.500. The molecule has 3 aliphatic heterocycles. The number of furan rings is 1. The highest BCUT2D eigenvalue weighted by Crippen LogP contribution is 2.39. The average Bonchev–Trinajstić information content (AvgIpc) is 3.47. The Morgan fingerprint density at radius 2 is 1.71 bits per heavy atom. The molecule has 7 nitrogen and oxygen atoms in total. The van der Waals surface area contributed by atoms with E-state index in [1.54, 1.807) is 17.0 Å². The van der Waals surface area contributed by atoms with Crippen molar-refractivity contribution < 1.29 is 23.5 Å². The Balaban J connectivity index is 1.24. The third-order valence-electron chi connectivity index (χ3n) is 6.56. The van der Waals surface area contributed by atoms with Gasteiger partial charge >= 0.3 is 0 Å². The van der Waals surface area contributed by atoms with Gasteiger partial charge in [-0.1, -0.05) is 6.07 Å². The van der Waals surface area contributed by atoms with Crippen molar-refractivity contribution in [2.75, 3.05) is 32.8 Å². The van der Waals surface area contributed by atoms with Crippen LogP contribution in [-0.2, 0) is 4.79 Å². The second-order valence-electron chi connectivity index (χ2n) is 8.49. The molecule has 0 spiro atoms. The molecule has 0 bridgehead atoms. The summed E-state index contributed by atoms with van der Waals surface area (Å²) in [6.45, 7) is 3.26. The first-order valence-corrected chi connectivity index (χ1v) is 11.2. The van der Waals surface area contributed by atoms with Gasteiger partial charge in [0.15, 0.2) is 17.3 Å². The fourth-order valence-corrected chi connectivity index (χ4v) is 4.88.